The number of fused-ring (bicyclic) bond motifs is 1. The van der Waals surface area contributed by atoms with Crippen LogP contribution < -0.4 is 11.0 Å². The summed E-state index contributed by atoms with van der Waals surface area (Å²) < 4.78 is 2.79. The van der Waals surface area contributed by atoms with Crippen LogP contribution in [0.4, 0.5) is 0 Å². The fourth-order valence-corrected chi connectivity index (χ4v) is 3.02. The maximum Gasteiger partial charge on any atom is 0.292 e. The smallest absolute Gasteiger partial charge is 0.267 e. The Morgan fingerprint density at radius 2 is 1.93 bits per heavy atom. The molecule has 30 heavy (non-hydrogen) atoms. The summed E-state index contributed by atoms with van der Waals surface area (Å²) in [6, 6.07) is 14.3. The Morgan fingerprint density at radius 1 is 1.13 bits per heavy atom. The highest BCUT2D eigenvalue weighted by molar-refractivity contribution is 6.06. The van der Waals surface area contributed by atoms with Crippen LogP contribution in [0.25, 0.3) is 16.5 Å². The quantitative estimate of drug-likeness (QED) is 0.399. The summed E-state index contributed by atoms with van der Waals surface area (Å²) in [5.41, 5.74) is 4.60. The lowest BCUT2D eigenvalue weighted by Gasteiger charge is -2.09. The third-order valence-electron chi connectivity index (χ3n) is 4.58. The van der Waals surface area contributed by atoms with Crippen molar-refractivity contribution in [2.75, 3.05) is 0 Å². The van der Waals surface area contributed by atoms with Crippen molar-refractivity contribution in [3.63, 3.8) is 0 Å². The van der Waals surface area contributed by atoms with Crippen molar-refractivity contribution < 1.29 is 4.79 Å². The van der Waals surface area contributed by atoms with E-state index in [1.165, 1.54) is 15.7 Å². The molecule has 0 atom stereocenters. The van der Waals surface area contributed by atoms with Crippen molar-refractivity contribution in [1.82, 2.24) is 35.4 Å². The van der Waals surface area contributed by atoms with Crippen LogP contribution in [0.5, 0.6) is 0 Å². The minimum atomic E-state index is -0.496. The van der Waals surface area contributed by atoms with Crippen molar-refractivity contribution >= 4 is 22.4 Å². The molecule has 0 radical (unpaired) electrons. The number of nitrogens with zero attached hydrogens (tertiary/aromatic N) is 7. The van der Waals surface area contributed by atoms with E-state index >= 15 is 0 Å². The molecule has 0 aliphatic rings. The fraction of sp³-hybridized carbons (Fsp3) is 0.150. The lowest BCUT2D eigenvalue weighted by molar-refractivity contribution is 0.0949. The summed E-state index contributed by atoms with van der Waals surface area (Å²) in [7, 11) is 0. The largest absolute Gasteiger partial charge is 0.292 e. The van der Waals surface area contributed by atoms with Crippen molar-refractivity contribution in [2.45, 2.75) is 20.4 Å². The molecule has 1 amide bonds. The lowest BCUT2D eigenvalue weighted by Crippen LogP contribution is -2.28. The molecule has 2 aromatic carbocycles. The number of aryl methyl sites for hydroxylation is 1. The van der Waals surface area contributed by atoms with Gasteiger partial charge in [0, 0.05) is 11.9 Å². The fourth-order valence-electron chi connectivity index (χ4n) is 3.02. The molecular weight excluding hydrogens is 384 g/mol. The first-order valence-corrected chi connectivity index (χ1v) is 9.26. The van der Waals surface area contributed by atoms with Gasteiger partial charge in [-0.3, -0.25) is 9.59 Å². The van der Waals surface area contributed by atoms with Gasteiger partial charge in [0.05, 0.1) is 16.8 Å². The van der Waals surface area contributed by atoms with Crippen LogP contribution in [-0.4, -0.2) is 41.6 Å². The summed E-state index contributed by atoms with van der Waals surface area (Å²) in [4.78, 5) is 25.2. The molecule has 4 aromatic rings. The number of aromatic nitrogens is 6. The van der Waals surface area contributed by atoms with Crippen LogP contribution in [0.1, 0.15) is 29.9 Å². The first-order valence-electron chi connectivity index (χ1n) is 9.26. The normalized spacial score (nSPS) is 11.6. The van der Waals surface area contributed by atoms with Gasteiger partial charge in [0.1, 0.15) is 6.33 Å². The summed E-state index contributed by atoms with van der Waals surface area (Å²) in [6.45, 7) is 3.93. The van der Waals surface area contributed by atoms with Crippen molar-refractivity contribution in [2.24, 2.45) is 5.10 Å². The first kappa shape index (κ1) is 19.1. The highest BCUT2D eigenvalue weighted by Gasteiger charge is 2.16. The van der Waals surface area contributed by atoms with E-state index in [4.69, 9.17) is 0 Å². The predicted octanol–water partition coefficient (Wildman–Crippen LogP) is 1.55. The number of rotatable bonds is 5. The molecule has 0 aliphatic heterocycles. The number of hydrogen-bond donors (Lipinski definition) is 1. The summed E-state index contributed by atoms with van der Waals surface area (Å²) in [6.07, 6.45) is 1.49. The van der Waals surface area contributed by atoms with Gasteiger partial charge in [0.2, 0.25) is 0 Å². The Morgan fingerprint density at radius 3 is 2.67 bits per heavy atom. The predicted molar refractivity (Wildman–Crippen MR) is 111 cm³/mol. The number of benzene rings is 2. The van der Waals surface area contributed by atoms with Gasteiger partial charge in [-0.15, -0.1) is 5.10 Å². The van der Waals surface area contributed by atoms with Gasteiger partial charge in [0.15, 0.2) is 5.69 Å². The second kappa shape index (κ2) is 8.03. The maximum atomic E-state index is 12.8. The van der Waals surface area contributed by atoms with Crippen molar-refractivity contribution in [3.8, 4) is 5.69 Å². The maximum absolute atomic E-state index is 12.8. The molecule has 4 rings (SSSR count). The molecule has 10 nitrogen and oxygen atoms in total. The summed E-state index contributed by atoms with van der Waals surface area (Å²) >= 11 is 0. The third-order valence-corrected chi connectivity index (χ3v) is 4.58. The van der Waals surface area contributed by atoms with E-state index in [1.54, 1.807) is 38.1 Å². The van der Waals surface area contributed by atoms with E-state index in [0.717, 1.165) is 11.3 Å². The zero-order valence-electron chi connectivity index (χ0n) is 16.4. The van der Waals surface area contributed by atoms with Crippen LogP contribution in [-0.2, 0) is 6.54 Å². The molecule has 1 N–H and O–H groups in total. The van der Waals surface area contributed by atoms with Crippen LogP contribution >= 0.6 is 0 Å². The minimum absolute atomic E-state index is 0.144. The van der Waals surface area contributed by atoms with Crippen molar-refractivity contribution in [1.29, 1.82) is 0 Å². The SMILES string of the molecule is CCn1nc(C(=O)N/N=C(/C)c2cccc(-n3cnnn3)c2)c2ccccc2c1=O. The van der Waals surface area contributed by atoms with E-state index in [1.807, 2.05) is 24.3 Å². The van der Waals surface area contributed by atoms with Gasteiger partial charge in [0.25, 0.3) is 11.5 Å². The van der Waals surface area contributed by atoms with Crippen LogP contribution in [0.15, 0.2) is 64.8 Å². The Kier molecular flexibility index (Phi) is 5.12. The first-order chi connectivity index (χ1) is 14.6. The van der Waals surface area contributed by atoms with Crippen LogP contribution in [0.2, 0.25) is 0 Å². The lowest BCUT2D eigenvalue weighted by atomic mass is 10.1. The average molecular weight is 402 g/mol. The van der Waals surface area contributed by atoms with Gasteiger partial charge in [-0.05, 0) is 48.0 Å². The second-order valence-electron chi connectivity index (χ2n) is 6.46. The minimum Gasteiger partial charge on any atom is -0.267 e. The van der Waals surface area contributed by atoms with Gasteiger partial charge in [-0.1, -0.05) is 30.3 Å². The van der Waals surface area contributed by atoms with E-state index in [9.17, 15) is 9.59 Å². The molecular formula is C20H18N8O2. The molecule has 0 saturated carbocycles. The zero-order chi connectivity index (χ0) is 21.1. The van der Waals surface area contributed by atoms with Gasteiger partial charge in [-0.25, -0.2) is 14.8 Å². The number of hydrogen-bond acceptors (Lipinski definition) is 7. The summed E-state index contributed by atoms with van der Waals surface area (Å²) in [5, 5.41) is 20.5. The molecule has 0 saturated heterocycles. The molecule has 0 spiro atoms. The Bertz CT molecular complexity index is 1310. The number of carbonyl (C=O) groups excluding carboxylic acids is 1. The molecule has 0 aliphatic carbocycles. The zero-order valence-corrected chi connectivity index (χ0v) is 16.4. The Balaban J connectivity index is 1.64. The van der Waals surface area contributed by atoms with E-state index in [0.29, 0.717) is 23.0 Å². The number of tetrazole rings is 1. The highest BCUT2D eigenvalue weighted by atomic mass is 16.2. The van der Waals surface area contributed by atoms with Gasteiger partial charge < -0.3 is 0 Å². The van der Waals surface area contributed by atoms with E-state index in [2.05, 4.69) is 31.2 Å². The number of nitrogens with one attached hydrogen (secondary N) is 1. The molecule has 0 fully saturated rings. The topological polar surface area (TPSA) is 120 Å². The average Bonchev–Trinajstić information content (AvgIpc) is 3.33. The summed E-state index contributed by atoms with van der Waals surface area (Å²) in [5.74, 6) is -0.496. The van der Waals surface area contributed by atoms with E-state index in [-0.39, 0.29) is 11.3 Å². The molecule has 2 aromatic heterocycles. The molecule has 2 heterocycles. The monoisotopic (exact) mass is 402 g/mol. The Labute approximate surface area is 170 Å². The molecule has 150 valence electrons. The van der Waals surface area contributed by atoms with Crippen molar-refractivity contribution in [3.05, 3.63) is 76.5 Å². The van der Waals surface area contributed by atoms with Gasteiger partial charge in [-0.2, -0.15) is 10.2 Å². The van der Waals surface area contributed by atoms with Gasteiger partial charge >= 0.3 is 0 Å². The number of hydrazone groups is 1. The number of carbonyl (C=O) groups is 1. The standard InChI is InChI=1S/C20H18N8O2/c1-3-27-20(30)17-10-5-4-9-16(17)18(24-27)19(29)23-22-13(2)14-7-6-8-15(11-14)28-12-21-25-26-28/h4-12H,3H2,1-2H3,(H,23,29)/b22-13-. The second-order valence-corrected chi connectivity index (χ2v) is 6.46. The third kappa shape index (κ3) is 3.58. The molecule has 0 bridgehead atoms. The highest BCUT2D eigenvalue weighted by Crippen LogP contribution is 2.14. The van der Waals surface area contributed by atoms with Crippen LogP contribution in [0.3, 0.4) is 0 Å². The molecule has 0 unspecified atom stereocenters. The molecule has 10 heteroatoms. The van der Waals surface area contributed by atoms with E-state index < -0.39 is 5.91 Å². The Hall–Kier alpha value is -4.21. The number of amides is 1. The van der Waals surface area contributed by atoms with Crippen LogP contribution in [0, 0.1) is 0 Å².